The molecule has 7 nitrogen and oxygen atoms in total. The van der Waals surface area contributed by atoms with E-state index in [9.17, 15) is 35.9 Å². The number of anilines is 1. The number of rotatable bonds is 6. The molecule has 0 radical (unpaired) electrons. The number of alkyl halides is 6. The molecule has 2 unspecified atom stereocenters. The predicted molar refractivity (Wildman–Crippen MR) is 129 cm³/mol. The highest BCUT2D eigenvalue weighted by Gasteiger charge is 2.41. The number of ether oxygens (including phenoxy) is 3. The van der Waals surface area contributed by atoms with E-state index in [0.29, 0.717) is 23.4 Å². The molecule has 13 heteroatoms. The van der Waals surface area contributed by atoms with Crippen molar-refractivity contribution in [3.05, 3.63) is 52.6 Å². The fraction of sp³-hybridized carbons (Fsp3) is 0.462. The van der Waals surface area contributed by atoms with Crippen molar-refractivity contribution < 1.29 is 50.1 Å². The summed E-state index contributed by atoms with van der Waals surface area (Å²) in [5.74, 6) is -0.0782. The second-order valence-electron chi connectivity index (χ2n) is 9.00. The molecule has 0 saturated carbocycles. The second kappa shape index (κ2) is 11.2. The minimum atomic E-state index is -5.03. The van der Waals surface area contributed by atoms with Crippen molar-refractivity contribution in [3.8, 4) is 11.5 Å². The van der Waals surface area contributed by atoms with Crippen molar-refractivity contribution in [2.75, 3.05) is 25.7 Å². The lowest BCUT2D eigenvalue weighted by atomic mass is 9.89. The smallest absolute Gasteiger partial charge is 0.416 e. The molecule has 0 spiro atoms. The van der Waals surface area contributed by atoms with Crippen molar-refractivity contribution in [2.24, 2.45) is 0 Å². The molecule has 0 saturated heterocycles. The van der Waals surface area contributed by atoms with Gasteiger partial charge in [0.2, 0.25) is 5.91 Å². The van der Waals surface area contributed by atoms with Crippen LogP contribution in [0.2, 0.25) is 0 Å². The summed E-state index contributed by atoms with van der Waals surface area (Å²) in [5, 5.41) is 0. The molecule has 39 heavy (non-hydrogen) atoms. The summed E-state index contributed by atoms with van der Waals surface area (Å²) in [5.41, 5.74) is -2.62. The third-order valence-corrected chi connectivity index (χ3v) is 6.40. The fourth-order valence-electron chi connectivity index (χ4n) is 4.67. The van der Waals surface area contributed by atoms with Gasteiger partial charge in [-0.1, -0.05) is 0 Å². The zero-order valence-electron chi connectivity index (χ0n) is 21.9. The number of fused-ring (bicyclic) bond motifs is 1. The topological polar surface area (TPSA) is 68.3 Å². The summed E-state index contributed by atoms with van der Waals surface area (Å²) in [6.45, 7) is 4.03. The van der Waals surface area contributed by atoms with Gasteiger partial charge in [0.05, 0.1) is 43.7 Å². The maximum atomic E-state index is 13.4. The first-order chi connectivity index (χ1) is 18.1. The number of benzene rings is 2. The van der Waals surface area contributed by atoms with Gasteiger partial charge in [-0.3, -0.25) is 9.69 Å². The Morgan fingerprint density at radius 2 is 1.49 bits per heavy atom. The zero-order chi connectivity index (χ0) is 29.3. The van der Waals surface area contributed by atoms with Crippen LogP contribution in [0.5, 0.6) is 11.5 Å². The number of hydrogen-bond donors (Lipinski definition) is 0. The molecular weight excluding hydrogens is 534 g/mol. The molecular formula is C26H28F6N2O5. The van der Waals surface area contributed by atoms with Crippen LogP contribution in [-0.2, 0) is 28.4 Å². The SMILES string of the molecule is CCOC(=O)N1c2cc(OC)c(OC)cc2C(N(Cc2cc(C(F)(F)F)cc(C(F)(F)F)c2)C(C)=O)CC1C. The van der Waals surface area contributed by atoms with E-state index < -0.39 is 54.1 Å². The van der Waals surface area contributed by atoms with Gasteiger partial charge in [-0.15, -0.1) is 0 Å². The van der Waals surface area contributed by atoms with Crippen LogP contribution in [0.1, 0.15) is 55.5 Å². The van der Waals surface area contributed by atoms with Gasteiger partial charge in [-0.05, 0) is 50.1 Å². The third-order valence-electron chi connectivity index (χ3n) is 6.40. The summed E-state index contributed by atoms with van der Waals surface area (Å²) in [6.07, 6.45) is -10.6. The average molecular weight is 563 g/mol. The van der Waals surface area contributed by atoms with E-state index in [1.807, 2.05) is 0 Å². The molecule has 1 aliphatic rings. The lowest BCUT2D eigenvalue weighted by molar-refractivity contribution is -0.143. The molecule has 3 rings (SSSR count). The molecule has 0 aliphatic carbocycles. The number of amides is 2. The molecule has 2 aromatic carbocycles. The molecule has 214 valence electrons. The largest absolute Gasteiger partial charge is 0.493 e. The van der Waals surface area contributed by atoms with Crippen molar-refractivity contribution in [1.29, 1.82) is 0 Å². The number of carbonyl (C=O) groups excluding carboxylic acids is 2. The van der Waals surface area contributed by atoms with Crippen LogP contribution in [0.25, 0.3) is 0 Å². The van der Waals surface area contributed by atoms with Gasteiger partial charge in [0, 0.05) is 31.1 Å². The standard InChI is InChI=1S/C26H28F6N2O5/c1-6-39-24(36)34-14(2)7-20(19-11-22(37-4)23(38-5)12-21(19)34)33(15(3)35)13-16-8-17(25(27,28)29)10-18(9-16)26(30,31)32/h8-12,14,20H,6-7,13H2,1-5H3. The van der Waals surface area contributed by atoms with Crippen LogP contribution in [0.3, 0.4) is 0 Å². The Hall–Kier alpha value is -3.64. The Kier molecular flexibility index (Phi) is 8.61. The number of halogens is 6. The van der Waals surface area contributed by atoms with Gasteiger partial charge in [-0.2, -0.15) is 26.3 Å². The van der Waals surface area contributed by atoms with E-state index in [1.165, 1.54) is 43.1 Å². The van der Waals surface area contributed by atoms with Gasteiger partial charge < -0.3 is 19.1 Å². The highest BCUT2D eigenvalue weighted by molar-refractivity contribution is 5.91. The Morgan fingerprint density at radius 3 is 1.95 bits per heavy atom. The quantitative estimate of drug-likeness (QED) is 0.372. The lowest BCUT2D eigenvalue weighted by Crippen LogP contribution is -2.47. The number of methoxy groups -OCH3 is 2. The van der Waals surface area contributed by atoms with Crippen LogP contribution in [-0.4, -0.2) is 43.8 Å². The summed E-state index contributed by atoms with van der Waals surface area (Å²) < 4.78 is 96.6. The van der Waals surface area contributed by atoms with Crippen molar-refractivity contribution in [2.45, 2.75) is 58.2 Å². The van der Waals surface area contributed by atoms with E-state index in [4.69, 9.17) is 14.2 Å². The molecule has 2 atom stereocenters. The van der Waals surface area contributed by atoms with Crippen LogP contribution in [0.15, 0.2) is 30.3 Å². The fourth-order valence-corrected chi connectivity index (χ4v) is 4.67. The van der Waals surface area contributed by atoms with Crippen molar-refractivity contribution in [3.63, 3.8) is 0 Å². The minimum Gasteiger partial charge on any atom is -0.493 e. The van der Waals surface area contributed by atoms with Crippen molar-refractivity contribution in [1.82, 2.24) is 4.90 Å². The van der Waals surface area contributed by atoms with E-state index in [-0.39, 0.29) is 36.2 Å². The van der Waals surface area contributed by atoms with Crippen LogP contribution >= 0.6 is 0 Å². The number of nitrogens with zero attached hydrogens (tertiary/aromatic N) is 2. The molecule has 2 aromatic rings. The highest BCUT2D eigenvalue weighted by Crippen LogP contribution is 2.46. The molecule has 1 aliphatic heterocycles. The first-order valence-corrected chi connectivity index (χ1v) is 11.9. The highest BCUT2D eigenvalue weighted by atomic mass is 19.4. The van der Waals surface area contributed by atoms with E-state index >= 15 is 0 Å². The van der Waals surface area contributed by atoms with Crippen molar-refractivity contribution >= 4 is 17.7 Å². The molecule has 0 fully saturated rings. The average Bonchev–Trinajstić information content (AvgIpc) is 2.84. The minimum absolute atomic E-state index is 0.0357. The molecule has 0 aromatic heterocycles. The normalized spacial score (nSPS) is 17.4. The van der Waals surface area contributed by atoms with E-state index in [1.54, 1.807) is 13.8 Å². The van der Waals surface area contributed by atoms with E-state index in [0.717, 1.165) is 0 Å². The first-order valence-electron chi connectivity index (χ1n) is 11.9. The maximum absolute atomic E-state index is 13.4. The summed E-state index contributed by atoms with van der Waals surface area (Å²) in [4.78, 5) is 28.2. The van der Waals surface area contributed by atoms with E-state index in [2.05, 4.69) is 0 Å². The lowest BCUT2D eigenvalue weighted by Gasteiger charge is -2.43. The Bertz CT molecular complexity index is 1200. The Balaban J connectivity index is 2.17. The third kappa shape index (κ3) is 6.34. The summed E-state index contributed by atoms with van der Waals surface area (Å²) in [7, 11) is 2.76. The Morgan fingerprint density at radius 1 is 0.949 bits per heavy atom. The van der Waals surface area contributed by atoms with Crippen LogP contribution in [0.4, 0.5) is 36.8 Å². The number of hydrogen-bond acceptors (Lipinski definition) is 5. The number of carbonyl (C=O) groups is 2. The van der Waals surface area contributed by atoms with Gasteiger partial charge in [0.15, 0.2) is 11.5 Å². The van der Waals surface area contributed by atoms with Gasteiger partial charge >= 0.3 is 18.4 Å². The predicted octanol–water partition coefficient (Wildman–Crippen LogP) is 6.59. The molecule has 2 amide bonds. The monoisotopic (exact) mass is 562 g/mol. The van der Waals surface area contributed by atoms with Gasteiger partial charge in [0.1, 0.15) is 0 Å². The maximum Gasteiger partial charge on any atom is 0.416 e. The molecule has 1 heterocycles. The second-order valence-corrected chi connectivity index (χ2v) is 9.00. The zero-order valence-corrected chi connectivity index (χ0v) is 21.9. The van der Waals surface area contributed by atoms with Gasteiger partial charge in [-0.25, -0.2) is 4.79 Å². The Labute approximate surface area is 221 Å². The summed E-state index contributed by atoms with van der Waals surface area (Å²) in [6, 6.07) is 2.87. The molecule has 0 bridgehead atoms. The van der Waals surface area contributed by atoms with Crippen LogP contribution in [0, 0.1) is 0 Å². The van der Waals surface area contributed by atoms with Gasteiger partial charge in [0.25, 0.3) is 0 Å². The summed E-state index contributed by atoms with van der Waals surface area (Å²) >= 11 is 0. The molecule has 0 N–H and O–H groups in total. The van der Waals surface area contributed by atoms with Crippen LogP contribution < -0.4 is 14.4 Å². The first kappa shape index (κ1) is 29.9.